The van der Waals surface area contributed by atoms with Gasteiger partial charge in [-0.3, -0.25) is 4.79 Å². The molecule has 1 aliphatic heterocycles. The number of halogens is 2. The predicted molar refractivity (Wildman–Crippen MR) is 106 cm³/mol. The molecule has 6 nitrogen and oxygen atoms in total. The highest BCUT2D eigenvalue weighted by molar-refractivity contribution is 7.89. The molecule has 0 saturated carbocycles. The number of hydrogen-bond acceptors (Lipinski definition) is 4. The van der Waals surface area contributed by atoms with Gasteiger partial charge in [-0.2, -0.15) is 4.31 Å². The third-order valence-corrected chi connectivity index (χ3v) is 6.88. The summed E-state index contributed by atoms with van der Waals surface area (Å²) in [6, 6.07) is 11.0. The molecule has 1 heterocycles. The third kappa shape index (κ3) is 4.73. The van der Waals surface area contributed by atoms with Gasteiger partial charge in [-0.15, -0.1) is 0 Å². The molecule has 0 N–H and O–H groups in total. The van der Waals surface area contributed by atoms with Crippen molar-refractivity contribution in [3.05, 3.63) is 60.2 Å². The summed E-state index contributed by atoms with van der Waals surface area (Å²) in [5.41, 5.74) is 0.494. The number of carbonyl (C=O) groups excluding carboxylic acids is 1. The Hall–Kier alpha value is -2.52. The van der Waals surface area contributed by atoms with Gasteiger partial charge in [-0.05, 0) is 36.4 Å². The number of para-hydroxylation sites is 1. The molecule has 0 atom stereocenters. The molecule has 1 amide bonds. The van der Waals surface area contributed by atoms with Gasteiger partial charge in [0, 0.05) is 32.7 Å². The van der Waals surface area contributed by atoms with Crippen LogP contribution in [0.25, 0.3) is 0 Å². The van der Waals surface area contributed by atoms with Gasteiger partial charge in [-0.1, -0.05) is 19.1 Å². The van der Waals surface area contributed by atoms with Gasteiger partial charge < -0.3 is 9.80 Å². The Bertz CT molecular complexity index is 959. The number of benzene rings is 2. The average Bonchev–Trinajstić information content (AvgIpc) is 2.72. The lowest BCUT2D eigenvalue weighted by Crippen LogP contribution is -2.52. The van der Waals surface area contributed by atoms with Crippen LogP contribution in [0.5, 0.6) is 0 Å². The second-order valence-corrected chi connectivity index (χ2v) is 8.64. The minimum absolute atomic E-state index is 0.0575. The number of piperazine rings is 1. The summed E-state index contributed by atoms with van der Waals surface area (Å²) in [6.07, 6.45) is 0. The molecular formula is C20H23F2N3O3S. The van der Waals surface area contributed by atoms with Crippen LogP contribution in [0.4, 0.5) is 14.5 Å². The molecule has 0 spiro atoms. The summed E-state index contributed by atoms with van der Waals surface area (Å²) < 4.78 is 53.6. The topological polar surface area (TPSA) is 60.9 Å². The zero-order valence-corrected chi connectivity index (χ0v) is 16.9. The van der Waals surface area contributed by atoms with Crippen molar-refractivity contribution in [1.29, 1.82) is 0 Å². The van der Waals surface area contributed by atoms with Crippen molar-refractivity contribution in [2.45, 2.75) is 11.8 Å². The zero-order valence-electron chi connectivity index (χ0n) is 16.1. The number of nitrogens with zero attached hydrogens (tertiary/aromatic N) is 3. The van der Waals surface area contributed by atoms with Gasteiger partial charge in [0.05, 0.1) is 17.1 Å². The summed E-state index contributed by atoms with van der Waals surface area (Å²) >= 11 is 0. The van der Waals surface area contributed by atoms with E-state index in [0.29, 0.717) is 31.9 Å². The molecule has 1 saturated heterocycles. The maximum atomic E-state index is 13.9. The van der Waals surface area contributed by atoms with Crippen molar-refractivity contribution >= 4 is 21.6 Å². The van der Waals surface area contributed by atoms with Crippen molar-refractivity contribution in [3.63, 3.8) is 0 Å². The Labute approximate surface area is 169 Å². The molecule has 29 heavy (non-hydrogen) atoms. The standard InChI is InChI=1S/C20H23F2N3O3S/c1-2-25(29(27,28)17-9-7-16(21)8-10-17)15-20(26)24-13-11-23(12-14-24)19-6-4-3-5-18(19)22/h3-10H,2,11-15H2,1H3. The van der Waals surface area contributed by atoms with Crippen LogP contribution in [0, 0.1) is 11.6 Å². The van der Waals surface area contributed by atoms with Gasteiger partial charge in [-0.25, -0.2) is 17.2 Å². The van der Waals surface area contributed by atoms with Crippen molar-refractivity contribution in [3.8, 4) is 0 Å². The minimum atomic E-state index is -3.90. The first-order valence-corrected chi connectivity index (χ1v) is 10.8. The smallest absolute Gasteiger partial charge is 0.243 e. The SMILES string of the molecule is CCN(CC(=O)N1CCN(c2ccccc2F)CC1)S(=O)(=O)c1ccc(F)cc1. The van der Waals surface area contributed by atoms with Gasteiger partial charge in [0.15, 0.2) is 0 Å². The van der Waals surface area contributed by atoms with Crippen LogP contribution in [-0.4, -0.2) is 62.8 Å². The fraction of sp³-hybridized carbons (Fsp3) is 0.350. The average molecular weight is 423 g/mol. The van der Waals surface area contributed by atoms with Crippen molar-refractivity contribution in [1.82, 2.24) is 9.21 Å². The first-order valence-electron chi connectivity index (χ1n) is 9.36. The number of carbonyl (C=O) groups is 1. The van der Waals surface area contributed by atoms with Crippen LogP contribution in [0.1, 0.15) is 6.92 Å². The highest BCUT2D eigenvalue weighted by Gasteiger charge is 2.29. The lowest BCUT2D eigenvalue weighted by atomic mass is 10.2. The second-order valence-electron chi connectivity index (χ2n) is 6.70. The third-order valence-electron chi connectivity index (χ3n) is 4.94. The fourth-order valence-corrected chi connectivity index (χ4v) is 4.68. The first-order chi connectivity index (χ1) is 13.8. The van der Waals surface area contributed by atoms with Crippen LogP contribution in [-0.2, 0) is 14.8 Å². The van der Waals surface area contributed by atoms with E-state index in [1.165, 1.54) is 18.2 Å². The Kier molecular flexibility index (Phi) is 6.49. The number of sulfonamides is 1. The van der Waals surface area contributed by atoms with Crippen molar-refractivity contribution < 1.29 is 22.0 Å². The molecule has 2 aromatic rings. The molecule has 2 aromatic carbocycles. The van der Waals surface area contributed by atoms with Gasteiger partial charge in [0.25, 0.3) is 0 Å². The van der Waals surface area contributed by atoms with Gasteiger partial charge >= 0.3 is 0 Å². The van der Waals surface area contributed by atoms with E-state index in [4.69, 9.17) is 0 Å². The predicted octanol–water partition coefficient (Wildman–Crippen LogP) is 2.32. The van der Waals surface area contributed by atoms with Gasteiger partial charge in [0.1, 0.15) is 11.6 Å². The van der Waals surface area contributed by atoms with Crippen molar-refractivity contribution in [2.75, 3.05) is 44.2 Å². The van der Waals surface area contributed by atoms with Crippen molar-refractivity contribution in [2.24, 2.45) is 0 Å². The lowest BCUT2D eigenvalue weighted by molar-refractivity contribution is -0.131. The first kappa shape index (κ1) is 21.2. The van der Waals surface area contributed by atoms with Crippen LogP contribution >= 0.6 is 0 Å². The lowest BCUT2D eigenvalue weighted by Gasteiger charge is -2.37. The molecule has 0 radical (unpaired) electrons. The van der Waals surface area contributed by atoms with Crippen LogP contribution < -0.4 is 4.90 Å². The van der Waals surface area contributed by atoms with E-state index in [9.17, 15) is 22.0 Å². The van der Waals surface area contributed by atoms with E-state index < -0.39 is 15.8 Å². The number of hydrogen-bond donors (Lipinski definition) is 0. The highest BCUT2D eigenvalue weighted by atomic mass is 32.2. The number of anilines is 1. The number of likely N-dealkylation sites (N-methyl/N-ethyl adjacent to an activating group) is 1. The van der Waals surface area contributed by atoms with Crippen LogP contribution in [0.2, 0.25) is 0 Å². The summed E-state index contributed by atoms with van der Waals surface area (Å²) in [5, 5.41) is 0. The van der Waals surface area contributed by atoms with E-state index in [1.54, 1.807) is 30.0 Å². The Morgan fingerprint density at radius 3 is 2.21 bits per heavy atom. The maximum Gasteiger partial charge on any atom is 0.243 e. The van der Waals surface area contributed by atoms with E-state index in [-0.39, 0.29) is 29.7 Å². The number of rotatable bonds is 6. The Balaban J connectivity index is 1.63. The molecule has 1 fully saturated rings. The fourth-order valence-electron chi connectivity index (χ4n) is 3.28. The van der Waals surface area contributed by atoms with Crippen LogP contribution in [0.3, 0.4) is 0 Å². The Morgan fingerprint density at radius 2 is 1.62 bits per heavy atom. The number of amides is 1. The summed E-state index contributed by atoms with van der Waals surface area (Å²) in [7, 11) is -3.90. The van der Waals surface area contributed by atoms with E-state index in [0.717, 1.165) is 16.4 Å². The maximum absolute atomic E-state index is 13.9. The molecule has 1 aliphatic rings. The molecule has 9 heteroatoms. The van der Waals surface area contributed by atoms with E-state index in [2.05, 4.69) is 0 Å². The zero-order chi connectivity index (χ0) is 21.0. The summed E-state index contributed by atoms with van der Waals surface area (Å²) in [4.78, 5) is 16.1. The summed E-state index contributed by atoms with van der Waals surface area (Å²) in [5.74, 6) is -1.16. The molecule has 3 rings (SSSR count). The summed E-state index contributed by atoms with van der Waals surface area (Å²) in [6.45, 7) is 3.14. The van der Waals surface area contributed by atoms with E-state index >= 15 is 0 Å². The highest BCUT2D eigenvalue weighted by Crippen LogP contribution is 2.21. The largest absolute Gasteiger partial charge is 0.366 e. The quantitative estimate of drug-likeness (QED) is 0.716. The Morgan fingerprint density at radius 1 is 1.00 bits per heavy atom. The second kappa shape index (κ2) is 8.87. The van der Waals surface area contributed by atoms with Gasteiger partial charge in [0.2, 0.25) is 15.9 Å². The normalized spacial score (nSPS) is 15.0. The molecule has 0 unspecified atom stereocenters. The molecule has 0 aliphatic carbocycles. The van der Waals surface area contributed by atoms with E-state index in [1.807, 2.05) is 4.90 Å². The molecular weight excluding hydrogens is 400 g/mol. The monoisotopic (exact) mass is 423 g/mol. The molecule has 156 valence electrons. The molecule has 0 aromatic heterocycles. The molecule has 0 bridgehead atoms. The minimum Gasteiger partial charge on any atom is -0.366 e. The van der Waals surface area contributed by atoms with Crippen LogP contribution in [0.15, 0.2) is 53.4 Å².